The summed E-state index contributed by atoms with van der Waals surface area (Å²) >= 11 is 0. The van der Waals surface area contributed by atoms with E-state index in [2.05, 4.69) is 28.7 Å². The molecule has 18 heavy (non-hydrogen) atoms. The first-order valence-electron chi connectivity index (χ1n) is 6.94. The van der Waals surface area contributed by atoms with E-state index in [0.717, 1.165) is 19.6 Å². The van der Waals surface area contributed by atoms with Gasteiger partial charge in [0.25, 0.3) is 0 Å². The molecule has 4 heteroatoms. The third-order valence-corrected chi connectivity index (χ3v) is 3.94. The van der Waals surface area contributed by atoms with Crippen molar-refractivity contribution in [1.29, 1.82) is 0 Å². The Morgan fingerprint density at radius 1 is 1.50 bits per heavy atom. The highest BCUT2D eigenvalue weighted by molar-refractivity contribution is 5.10. The van der Waals surface area contributed by atoms with E-state index in [-0.39, 0.29) is 5.54 Å². The summed E-state index contributed by atoms with van der Waals surface area (Å²) in [6, 6.07) is 0. The van der Waals surface area contributed by atoms with Gasteiger partial charge in [0.2, 0.25) is 0 Å². The predicted molar refractivity (Wildman–Crippen MR) is 72.5 cm³/mol. The van der Waals surface area contributed by atoms with Gasteiger partial charge in [0.15, 0.2) is 0 Å². The van der Waals surface area contributed by atoms with Crippen LogP contribution in [0.1, 0.15) is 45.2 Å². The lowest BCUT2D eigenvalue weighted by Crippen LogP contribution is -2.35. The van der Waals surface area contributed by atoms with E-state index >= 15 is 0 Å². The molecule has 1 atom stereocenters. The molecule has 102 valence electrons. The van der Waals surface area contributed by atoms with Crippen LogP contribution in [0.2, 0.25) is 0 Å². The molecule has 1 aliphatic heterocycles. The average Bonchev–Trinajstić information content (AvgIpc) is 2.87. The summed E-state index contributed by atoms with van der Waals surface area (Å²) < 4.78 is 8.02. The van der Waals surface area contributed by atoms with Crippen LogP contribution in [0.25, 0.3) is 0 Å². The summed E-state index contributed by atoms with van der Waals surface area (Å²) in [5.41, 5.74) is 1.20. The SMILES string of the molecule is CNC(C)(C)c1cncn1CCC1CCCCO1. The van der Waals surface area contributed by atoms with Crippen LogP contribution >= 0.6 is 0 Å². The molecule has 0 spiro atoms. The van der Waals surface area contributed by atoms with E-state index < -0.39 is 0 Å². The van der Waals surface area contributed by atoms with Gasteiger partial charge in [-0.25, -0.2) is 4.98 Å². The summed E-state index contributed by atoms with van der Waals surface area (Å²) in [7, 11) is 1.99. The summed E-state index contributed by atoms with van der Waals surface area (Å²) in [6.07, 6.45) is 9.15. The molecule has 1 N–H and O–H groups in total. The van der Waals surface area contributed by atoms with Crippen molar-refractivity contribution in [2.24, 2.45) is 0 Å². The third-order valence-electron chi connectivity index (χ3n) is 3.94. The van der Waals surface area contributed by atoms with Crippen LogP contribution in [0, 0.1) is 0 Å². The van der Waals surface area contributed by atoms with Gasteiger partial charge in [-0.15, -0.1) is 0 Å². The molecule has 1 aliphatic rings. The first-order valence-corrected chi connectivity index (χ1v) is 6.94. The fourth-order valence-electron chi connectivity index (χ4n) is 2.47. The lowest BCUT2D eigenvalue weighted by atomic mass is 10.0. The highest BCUT2D eigenvalue weighted by Gasteiger charge is 2.22. The fourth-order valence-corrected chi connectivity index (χ4v) is 2.47. The Labute approximate surface area is 110 Å². The smallest absolute Gasteiger partial charge is 0.0948 e. The van der Waals surface area contributed by atoms with Gasteiger partial charge in [-0.1, -0.05) is 0 Å². The summed E-state index contributed by atoms with van der Waals surface area (Å²) in [5, 5.41) is 3.33. The summed E-state index contributed by atoms with van der Waals surface area (Å²) in [5.74, 6) is 0. The number of rotatable bonds is 5. The number of hydrogen-bond donors (Lipinski definition) is 1. The molecule has 1 aromatic rings. The third kappa shape index (κ3) is 3.12. The molecular weight excluding hydrogens is 226 g/mol. The van der Waals surface area contributed by atoms with Gasteiger partial charge >= 0.3 is 0 Å². The van der Waals surface area contributed by atoms with Crippen LogP contribution in [0.3, 0.4) is 0 Å². The molecule has 0 aliphatic carbocycles. The Bertz CT molecular complexity index is 367. The Hall–Kier alpha value is -0.870. The summed E-state index contributed by atoms with van der Waals surface area (Å²) in [6.45, 7) is 6.28. The Balaban J connectivity index is 1.95. The average molecular weight is 251 g/mol. The molecule has 0 saturated carbocycles. The molecule has 0 bridgehead atoms. The highest BCUT2D eigenvalue weighted by atomic mass is 16.5. The minimum Gasteiger partial charge on any atom is -0.378 e. The number of hydrogen-bond acceptors (Lipinski definition) is 3. The van der Waals surface area contributed by atoms with Crippen molar-refractivity contribution in [3.63, 3.8) is 0 Å². The molecule has 1 saturated heterocycles. The minimum absolute atomic E-state index is 0.0378. The van der Waals surface area contributed by atoms with Crippen LogP contribution in [0.4, 0.5) is 0 Å². The van der Waals surface area contributed by atoms with Crippen LogP contribution < -0.4 is 5.32 Å². The lowest BCUT2D eigenvalue weighted by molar-refractivity contribution is 0.00856. The van der Waals surface area contributed by atoms with E-state index in [9.17, 15) is 0 Å². The molecule has 1 unspecified atom stereocenters. The lowest BCUT2D eigenvalue weighted by Gasteiger charge is -2.27. The molecule has 4 nitrogen and oxygen atoms in total. The molecule has 0 aromatic carbocycles. The Kier molecular flexibility index (Phi) is 4.40. The van der Waals surface area contributed by atoms with Gasteiger partial charge in [-0.3, -0.25) is 0 Å². The maximum absolute atomic E-state index is 5.78. The molecule has 0 radical (unpaired) electrons. The van der Waals surface area contributed by atoms with Gasteiger partial charge < -0.3 is 14.6 Å². The van der Waals surface area contributed by atoms with E-state index in [0.29, 0.717) is 6.10 Å². The fraction of sp³-hybridized carbons (Fsp3) is 0.786. The van der Waals surface area contributed by atoms with E-state index in [1.165, 1.54) is 25.0 Å². The first kappa shape index (κ1) is 13.6. The second-order valence-corrected chi connectivity index (χ2v) is 5.62. The van der Waals surface area contributed by atoms with Crippen molar-refractivity contribution in [1.82, 2.24) is 14.9 Å². The van der Waals surface area contributed by atoms with Gasteiger partial charge in [0.1, 0.15) is 0 Å². The highest BCUT2D eigenvalue weighted by Crippen LogP contribution is 2.21. The van der Waals surface area contributed by atoms with Gasteiger partial charge in [-0.05, 0) is 46.6 Å². The topological polar surface area (TPSA) is 39.1 Å². The van der Waals surface area contributed by atoms with Crippen LogP contribution in [0.5, 0.6) is 0 Å². The van der Waals surface area contributed by atoms with Crippen LogP contribution in [-0.4, -0.2) is 29.3 Å². The predicted octanol–water partition coefficient (Wildman–Crippen LogP) is 2.30. The number of aromatic nitrogens is 2. The molecule has 2 heterocycles. The maximum Gasteiger partial charge on any atom is 0.0948 e. The minimum atomic E-state index is -0.0378. The molecule has 2 rings (SSSR count). The largest absolute Gasteiger partial charge is 0.378 e. The zero-order valence-corrected chi connectivity index (χ0v) is 11.8. The normalized spacial score (nSPS) is 21.2. The zero-order chi connectivity index (χ0) is 13.0. The van der Waals surface area contributed by atoms with Crippen molar-refractivity contribution in [3.8, 4) is 0 Å². The Morgan fingerprint density at radius 3 is 3.00 bits per heavy atom. The van der Waals surface area contributed by atoms with Crippen LogP contribution in [-0.2, 0) is 16.8 Å². The molecule has 1 aromatic heterocycles. The van der Waals surface area contributed by atoms with Crippen molar-refractivity contribution in [2.75, 3.05) is 13.7 Å². The number of imidazole rings is 1. The molecule has 0 amide bonds. The number of nitrogens with one attached hydrogen (secondary N) is 1. The standard InChI is InChI=1S/C14H25N3O/c1-14(2,15-3)13-10-16-11-17(13)8-7-12-6-4-5-9-18-12/h10-12,15H,4-9H2,1-3H3. The van der Waals surface area contributed by atoms with E-state index in [1.807, 2.05) is 19.6 Å². The maximum atomic E-state index is 5.78. The Morgan fingerprint density at radius 2 is 2.33 bits per heavy atom. The number of ether oxygens (including phenoxy) is 1. The number of nitrogens with zero attached hydrogens (tertiary/aromatic N) is 2. The van der Waals surface area contributed by atoms with Gasteiger partial charge in [0, 0.05) is 19.3 Å². The van der Waals surface area contributed by atoms with E-state index in [1.54, 1.807) is 0 Å². The van der Waals surface area contributed by atoms with Gasteiger partial charge in [0.05, 0.1) is 23.7 Å². The van der Waals surface area contributed by atoms with Crippen molar-refractivity contribution in [2.45, 2.75) is 57.7 Å². The van der Waals surface area contributed by atoms with Crippen molar-refractivity contribution >= 4 is 0 Å². The number of aryl methyl sites for hydroxylation is 1. The van der Waals surface area contributed by atoms with E-state index in [4.69, 9.17) is 4.74 Å². The van der Waals surface area contributed by atoms with Crippen molar-refractivity contribution < 1.29 is 4.74 Å². The van der Waals surface area contributed by atoms with Crippen molar-refractivity contribution in [3.05, 3.63) is 18.2 Å². The second-order valence-electron chi connectivity index (χ2n) is 5.62. The first-order chi connectivity index (χ1) is 8.63. The summed E-state index contributed by atoms with van der Waals surface area (Å²) in [4.78, 5) is 4.28. The molecule has 1 fully saturated rings. The molecular formula is C14H25N3O. The van der Waals surface area contributed by atoms with Crippen LogP contribution in [0.15, 0.2) is 12.5 Å². The monoisotopic (exact) mass is 251 g/mol. The zero-order valence-electron chi connectivity index (χ0n) is 11.8. The second kappa shape index (κ2) is 5.85. The van der Waals surface area contributed by atoms with Gasteiger partial charge in [-0.2, -0.15) is 0 Å². The quantitative estimate of drug-likeness (QED) is 0.872.